The minimum atomic E-state index is -0.921. The first-order chi connectivity index (χ1) is 8.52. The third-order valence-electron chi connectivity index (χ3n) is 2.48. The number of aliphatic carboxylic acids is 1. The van der Waals surface area contributed by atoms with Gasteiger partial charge in [0.2, 0.25) is 5.91 Å². The van der Waals surface area contributed by atoms with Gasteiger partial charge in [-0.25, -0.2) is 0 Å². The van der Waals surface area contributed by atoms with Gasteiger partial charge in [-0.2, -0.15) is 0 Å². The normalized spacial score (nSPS) is 9.89. The predicted octanol–water partition coefficient (Wildman–Crippen LogP) is 1.14. The highest BCUT2D eigenvalue weighted by atomic mass is 16.5. The van der Waals surface area contributed by atoms with E-state index in [-0.39, 0.29) is 25.3 Å². The van der Waals surface area contributed by atoms with E-state index in [0.717, 1.165) is 16.9 Å². The van der Waals surface area contributed by atoms with Crippen molar-refractivity contribution in [3.63, 3.8) is 0 Å². The summed E-state index contributed by atoms with van der Waals surface area (Å²) in [7, 11) is 1.60. The van der Waals surface area contributed by atoms with Gasteiger partial charge in [0.1, 0.15) is 5.75 Å². The first-order valence-electron chi connectivity index (χ1n) is 5.65. The number of carbonyl (C=O) groups is 2. The molecule has 5 heteroatoms. The maximum absolute atomic E-state index is 11.5. The average Bonchev–Trinajstić information content (AvgIpc) is 2.28. The number of carboxylic acids is 1. The molecule has 5 nitrogen and oxygen atoms in total. The summed E-state index contributed by atoms with van der Waals surface area (Å²) < 4.78 is 5.13. The van der Waals surface area contributed by atoms with Gasteiger partial charge < -0.3 is 15.2 Å². The third-order valence-corrected chi connectivity index (χ3v) is 2.48. The Bertz CT molecular complexity index is 443. The number of aryl methyl sites for hydroxylation is 1. The summed E-state index contributed by atoms with van der Waals surface area (Å²) in [6.45, 7) is 2.06. The molecule has 0 aliphatic rings. The molecule has 0 spiro atoms. The van der Waals surface area contributed by atoms with Crippen LogP contribution in [0.15, 0.2) is 18.2 Å². The lowest BCUT2D eigenvalue weighted by atomic mass is 10.1. The molecule has 98 valence electrons. The van der Waals surface area contributed by atoms with Gasteiger partial charge >= 0.3 is 5.97 Å². The summed E-state index contributed by atoms with van der Waals surface area (Å²) >= 11 is 0. The van der Waals surface area contributed by atoms with Gasteiger partial charge in [-0.3, -0.25) is 9.59 Å². The van der Waals surface area contributed by atoms with Crippen LogP contribution >= 0.6 is 0 Å². The molecule has 0 unspecified atom stereocenters. The van der Waals surface area contributed by atoms with Crippen molar-refractivity contribution in [1.29, 1.82) is 0 Å². The number of methoxy groups -OCH3 is 1. The fourth-order valence-corrected chi connectivity index (χ4v) is 1.61. The summed E-state index contributed by atoms with van der Waals surface area (Å²) in [5.41, 5.74) is 1.84. The van der Waals surface area contributed by atoms with Crippen LogP contribution in [0, 0.1) is 6.92 Å². The van der Waals surface area contributed by atoms with Crippen LogP contribution in [0.25, 0.3) is 0 Å². The number of rotatable bonds is 6. The van der Waals surface area contributed by atoms with Gasteiger partial charge in [0.05, 0.1) is 20.0 Å². The molecular weight excluding hydrogens is 234 g/mol. The van der Waals surface area contributed by atoms with Gasteiger partial charge in [-0.05, 0) is 24.1 Å². The van der Waals surface area contributed by atoms with E-state index in [2.05, 4.69) is 5.32 Å². The summed E-state index contributed by atoms with van der Waals surface area (Å²) in [6, 6.07) is 5.52. The van der Waals surface area contributed by atoms with Gasteiger partial charge in [0.25, 0.3) is 0 Å². The third kappa shape index (κ3) is 4.45. The van der Waals surface area contributed by atoms with Gasteiger partial charge in [0.15, 0.2) is 0 Å². The SMILES string of the molecule is COc1ccc(CC(=O)NCCC(=O)O)cc1C. The van der Waals surface area contributed by atoms with E-state index < -0.39 is 5.97 Å². The van der Waals surface area contributed by atoms with Crippen molar-refractivity contribution >= 4 is 11.9 Å². The van der Waals surface area contributed by atoms with Crippen molar-refractivity contribution in [2.45, 2.75) is 19.8 Å². The van der Waals surface area contributed by atoms with Gasteiger partial charge in [-0.15, -0.1) is 0 Å². The summed E-state index contributed by atoms with van der Waals surface area (Å²) in [6.07, 6.45) is 0.178. The molecule has 0 heterocycles. The highest BCUT2D eigenvalue weighted by molar-refractivity contribution is 5.79. The maximum atomic E-state index is 11.5. The molecule has 0 aliphatic carbocycles. The molecule has 0 bridgehead atoms. The van der Waals surface area contributed by atoms with E-state index in [4.69, 9.17) is 9.84 Å². The molecule has 1 aromatic carbocycles. The molecule has 1 aromatic rings. The quantitative estimate of drug-likeness (QED) is 0.795. The molecule has 0 radical (unpaired) electrons. The first kappa shape index (κ1) is 14.0. The topological polar surface area (TPSA) is 75.6 Å². The smallest absolute Gasteiger partial charge is 0.305 e. The zero-order valence-corrected chi connectivity index (χ0v) is 10.5. The number of hydrogen-bond donors (Lipinski definition) is 2. The van der Waals surface area contributed by atoms with Crippen LogP contribution < -0.4 is 10.1 Å². The molecule has 1 amide bonds. The second-order valence-electron chi connectivity index (χ2n) is 3.97. The van der Waals surface area contributed by atoms with Crippen molar-refractivity contribution in [3.8, 4) is 5.75 Å². The lowest BCUT2D eigenvalue weighted by Crippen LogP contribution is -2.27. The molecule has 2 N–H and O–H groups in total. The molecule has 1 rings (SSSR count). The van der Waals surface area contributed by atoms with E-state index >= 15 is 0 Å². The maximum Gasteiger partial charge on any atom is 0.305 e. The highest BCUT2D eigenvalue weighted by Gasteiger charge is 2.06. The summed E-state index contributed by atoms with van der Waals surface area (Å²) in [4.78, 5) is 21.8. The van der Waals surface area contributed by atoms with E-state index in [1.54, 1.807) is 7.11 Å². The van der Waals surface area contributed by atoms with Gasteiger partial charge in [-0.1, -0.05) is 12.1 Å². The Balaban J connectivity index is 2.49. The van der Waals surface area contributed by atoms with Crippen LogP contribution in [-0.2, 0) is 16.0 Å². The number of nitrogens with one attached hydrogen (secondary N) is 1. The summed E-state index contributed by atoms with van der Waals surface area (Å²) in [5.74, 6) is -0.318. The Labute approximate surface area is 106 Å². The van der Waals surface area contributed by atoms with Crippen molar-refractivity contribution in [2.24, 2.45) is 0 Å². The number of carbonyl (C=O) groups excluding carboxylic acids is 1. The number of carboxylic acid groups (broad SMARTS) is 1. The van der Waals surface area contributed by atoms with Crippen LogP contribution in [0.5, 0.6) is 5.75 Å². The van der Waals surface area contributed by atoms with E-state index in [0.29, 0.717) is 0 Å². The minimum Gasteiger partial charge on any atom is -0.496 e. The van der Waals surface area contributed by atoms with Crippen molar-refractivity contribution in [3.05, 3.63) is 29.3 Å². The monoisotopic (exact) mass is 251 g/mol. The fraction of sp³-hybridized carbons (Fsp3) is 0.385. The van der Waals surface area contributed by atoms with E-state index in [9.17, 15) is 9.59 Å². The Kier molecular flexibility index (Phi) is 5.17. The summed E-state index contributed by atoms with van der Waals surface area (Å²) in [5, 5.41) is 11.0. The van der Waals surface area contributed by atoms with Gasteiger partial charge in [0, 0.05) is 6.54 Å². The van der Waals surface area contributed by atoms with E-state index in [1.807, 2.05) is 25.1 Å². The first-order valence-corrected chi connectivity index (χ1v) is 5.65. The molecular formula is C13H17NO4. The van der Waals surface area contributed by atoms with Crippen LogP contribution in [0.4, 0.5) is 0 Å². The standard InChI is InChI=1S/C13H17NO4/c1-9-7-10(3-4-11(9)18-2)8-12(15)14-6-5-13(16)17/h3-4,7H,5-6,8H2,1-2H3,(H,14,15)(H,16,17). The van der Waals surface area contributed by atoms with Crippen molar-refractivity contribution in [1.82, 2.24) is 5.32 Å². The molecule has 0 saturated heterocycles. The van der Waals surface area contributed by atoms with Crippen LogP contribution in [0.1, 0.15) is 17.5 Å². The number of hydrogen-bond acceptors (Lipinski definition) is 3. The number of benzene rings is 1. The molecule has 0 fully saturated rings. The Hall–Kier alpha value is -2.04. The van der Waals surface area contributed by atoms with Crippen LogP contribution in [0.2, 0.25) is 0 Å². The van der Waals surface area contributed by atoms with Crippen LogP contribution in [-0.4, -0.2) is 30.6 Å². The predicted molar refractivity (Wildman–Crippen MR) is 66.7 cm³/mol. The second-order valence-corrected chi connectivity index (χ2v) is 3.97. The van der Waals surface area contributed by atoms with Crippen LogP contribution in [0.3, 0.4) is 0 Å². The molecule has 0 atom stereocenters. The largest absolute Gasteiger partial charge is 0.496 e. The second kappa shape index (κ2) is 6.64. The number of amides is 1. The highest BCUT2D eigenvalue weighted by Crippen LogP contribution is 2.18. The zero-order valence-electron chi connectivity index (χ0n) is 10.5. The lowest BCUT2D eigenvalue weighted by Gasteiger charge is -2.07. The Morgan fingerprint density at radius 3 is 2.67 bits per heavy atom. The Morgan fingerprint density at radius 1 is 1.39 bits per heavy atom. The Morgan fingerprint density at radius 2 is 2.11 bits per heavy atom. The average molecular weight is 251 g/mol. The lowest BCUT2D eigenvalue weighted by molar-refractivity contribution is -0.136. The van der Waals surface area contributed by atoms with Crippen molar-refractivity contribution in [2.75, 3.05) is 13.7 Å². The van der Waals surface area contributed by atoms with Crippen molar-refractivity contribution < 1.29 is 19.4 Å². The molecule has 0 saturated carbocycles. The zero-order chi connectivity index (χ0) is 13.5. The minimum absolute atomic E-state index is 0.0621. The number of ether oxygens (including phenoxy) is 1. The fourth-order valence-electron chi connectivity index (χ4n) is 1.61. The molecule has 0 aromatic heterocycles. The molecule has 18 heavy (non-hydrogen) atoms. The molecule has 0 aliphatic heterocycles. The van der Waals surface area contributed by atoms with E-state index in [1.165, 1.54) is 0 Å².